The van der Waals surface area contributed by atoms with Gasteiger partial charge in [-0.05, 0) is 19.0 Å². The van der Waals surface area contributed by atoms with Crippen molar-refractivity contribution in [3.8, 4) is 0 Å². The summed E-state index contributed by atoms with van der Waals surface area (Å²) in [6.07, 6.45) is 7.90. The van der Waals surface area contributed by atoms with Crippen LogP contribution in [0.15, 0.2) is 36.4 Å². The third-order valence-electron chi connectivity index (χ3n) is 3.83. The molecule has 0 spiro atoms. The average molecular weight is 240 g/mol. The molecule has 1 aromatic rings. The molecule has 1 aromatic carbocycles. The molecule has 1 heterocycles. The summed E-state index contributed by atoms with van der Waals surface area (Å²) in [5.41, 5.74) is 4.15. The normalized spacial score (nSPS) is 20.3. The van der Waals surface area contributed by atoms with Crippen LogP contribution in [0.4, 0.5) is 0 Å². The van der Waals surface area contributed by atoms with Crippen LogP contribution in [0, 0.1) is 0 Å². The van der Waals surface area contributed by atoms with Gasteiger partial charge in [-0.15, -0.1) is 0 Å². The van der Waals surface area contributed by atoms with Crippen molar-refractivity contribution in [2.24, 2.45) is 0 Å². The molecule has 0 radical (unpaired) electrons. The number of piperazine rings is 1. The minimum Gasteiger partial charge on any atom is -0.369 e. The molecule has 0 unspecified atom stereocenters. The van der Waals surface area contributed by atoms with Crippen LogP contribution in [-0.4, -0.2) is 43.0 Å². The molecule has 2 aliphatic rings. The van der Waals surface area contributed by atoms with Crippen LogP contribution in [0.1, 0.15) is 17.5 Å². The minimum absolute atomic E-state index is 1.04. The van der Waals surface area contributed by atoms with Crippen molar-refractivity contribution >= 4 is 11.8 Å². The number of fused-ring (bicyclic) bond motifs is 1. The molecule has 0 saturated carbocycles. The topological polar surface area (TPSA) is 6.48 Å². The maximum Gasteiger partial charge on any atom is 0.0409 e. The van der Waals surface area contributed by atoms with Gasteiger partial charge in [0.1, 0.15) is 0 Å². The number of hydrogen-bond acceptors (Lipinski definition) is 2. The minimum atomic E-state index is 1.04. The maximum absolute atomic E-state index is 2.53. The third-order valence-corrected chi connectivity index (χ3v) is 3.83. The van der Waals surface area contributed by atoms with Gasteiger partial charge in [-0.25, -0.2) is 0 Å². The van der Waals surface area contributed by atoms with E-state index in [2.05, 4.69) is 59.3 Å². The Morgan fingerprint density at radius 2 is 1.78 bits per heavy atom. The van der Waals surface area contributed by atoms with Gasteiger partial charge < -0.3 is 9.80 Å². The summed E-state index contributed by atoms with van der Waals surface area (Å²) in [6.45, 7) is 4.59. The fourth-order valence-electron chi connectivity index (χ4n) is 2.71. The number of likely N-dealkylation sites (N-methyl/N-ethyl adjacent to an activating group) is 1. The molecule has 3 rings (SSSR count). The summed E-state index contributed by atoms with van der Waals surface area (Å²) < 4.78 is 0. The molecule has 0 amide bonds. The summed E-state index contributed by atoms with van der Waals surface area (Å²) in [5, 5.41) is 0. The molecule has 1 aliphatic carbocycles. The molecular formula is C16H20N2. The predicted octanol–water partition coefficient (Wildman–Crippen LogP) is 2.69. The fraction of sp³-hybridized carbons (Fsp3) is 0.375. The first-order chi connectivity index (χ1) is 8.84. The highest BCUT2D eigenvalue weighted by Gasteiger charge is 2.19. The Kier molecular flexibility index (Phi) is 3.20. The standard InChI is InChI=1S/C16H20N2/c1-17-10-12-18(13-11-17)16-9-5-3-7-14-6-2-4-8-15(14)16/h2-4,6-9H,5,10-13H2,1H3. The van der Waals surface area contributed by atoms with E-state index in [1.807, 2.05) is 0 Å². The second-order valence-corrected chi connectivity index (χ2v) is 5.11. The van der Waals surface area contributed by atoms with Gasteiger partial charge in [-0.2, -0.15) is 0 Å². The van der Waals surface area contributed by atoms with Crippen LogP contribution in [0.25, 0.3) is 11.8 Å². The van der Waals surface area contributed by atoms with Gasteiger partial charge in [0, 0.05) is 37.4 Å². The number of hydrogen-bond donors (Lipinski definition) is 0. The lowest BCUT2D eigenvalue weighted by Crippen LogP contribution is -2.43. The first-order valence-corrected chi connectivity index (χ1v) is 6.74. The molecule has 1 fully saturated rings. The highest BCUT2D eigenvalue weighted by atomic mass is 15.2. The Balaban J connectivity index is 1.91. The maximum atomic E-state index is 2.53. The number of benzene rings is 1. The van der Waals surface area contributed by atoms with Gasteiger partial charge in [0.25, 0.3) is 0 Å². The highest BCUT2D eigenvalue weighted by molar-refractivity contribution is 5.75. The summed E-state index contributed by atoms with van der Waals surface area (Å²) in [6, 6.07) is 8.72. The summed E-state index contributed by atoms with van der Waals surface area (Å²) in [5.74, 6) is 0. The van der Waals surface area contributed by atoms with Gasteiger partial charge in [0.2, 0.25) is 0 Å². The van der Waals surface area contributed by atoms with Gasteiger partial charge in [0.05, 0.1) is 0 Å². The Labute approximate surface area is 109 Å². The zero-order chi connectivity index (χ0) is 12.4. The fourth-order valence-corrected chi connectivity index (χ4v) is 2.71. The molecule has 0 N–H and O–H groups in total. The van der Waals surface area contributed by atoms with Crippen LogP contribution in [0.2, 0.25) is 0 Å². The van der Waals surface area contributed by atoms with Crippen molar-refractivity contribution in [1.82, 2.24) is 9.80 Å². The molecule has 2 heteroatoms. The molecule has 2 nitrogen and oxygen atoms in total. The van der Waals surface area contributed by atoms with Crippen LogP contribution < -0.4 is 0 Å². The number of allylic oxidation sites excluding steroid dienone is 2. The van der Waals surface area contributed by atoms with Crippen molar-refractivity contribution in [3.63, 3.8) is 0 Å². The number of nitrogens with zero attached hydrogens (tertiary/aromatic N) is 2. The first kappa shape index (κ1) is 11.5. The van der Waals surface area contributed by atoms with Crippen molar-refractivity contribution in [1.29, 1.82) is 0 Å². The van der Waals surface area contributed by atoms with Crippen LogP contribution in [0.3, 0.4) is 0 Å². The molecule has 0 atom stereocenters. The molecule has 1 aliphatic heterocycles. The van der Waals surface area contributed by atoms with Gasteiger partial charge >= 0.3 is 0 Å². The zero-order valence-corrected chi connectivity index (χ0v) is 11.0. The van der Waals surface area contributed by atoms with E-state index in [0.717, 1.165) is 32.6 Å². The first-order valence-electron chi connectivity index (χ1n) is 6.74. The third kappa shape index (κ3) is 2.21. The zero-order valence-electron chi connectivity index (χ0n) is 11.0. The van der Waals surface area contributed by atoms with Crippen LogP contribution in [0.5, 0.6) is 0 Å². The van der Waals surface area contributed by atoms with E-state index >= 15 is 0 Å². The Morgan fingerprint density at radius 1 is 1.00 bits per heavy atom. The van der Waals surface area contributed by atoms with Crippen molar-refractivity contribution in [2.75, 3.05) is 33.2 Å². The highest BCUT2D eigenvalue weighted by Crippen LogP contribution is 2.27. The Morgan fingerprint density at radius 3 is 2.61 bits per heavy atom. The smallest absolute Gasteiger partial charge is 0.0409 e. The SMILES string of the molecule is CN1CCN(C2=CCC=Cc3ccccc32)CC1. The van der Waals surface area contributed by atoms with Gasteiger partial charge in [0.15, 0.2) is 0 Å². The Hall–Kier alpha value is -1.54. The molecule has 0 bridgehead atoms. The summed E-state index contributed by atoms with van der Waals surface area (Å²) >= 11 is 0. The molecular weight excluding hydrogens is 220 g/mol. The lowest BCUT2D eigenvalue weighted by Gasteiger charge is -2.36. The second kappa shape index (κ2) is 4.99. The molecule has 94 valence electrons. The van der Waals surface area contributed by atoms with E-state index < -0.39 is 0 Å². The van der Waals surface area contributed by atoms with Crippen molar-refractivity contribution in [3.05, 3.63) is 47.5 Å². The molecule has 0 aromatic heterocycles. The Bertz CT molecular complexity index is 480. The largest absolute Gasteiger partial charge is 0.369 e. The monoisotopic (exact) mass is 240 g/mol. The van der Waals surface area contributed by atoms with E-state index in [1.165, 1.54) is 16.8 Å². The molecule has 1 saturated heterocycles. The second-order valence-electron chi connectivity index (χ2n) is 5.11. The summed E-state index contributed by atoms with van der Waals surface area (Å²) in [7, 11) is 2.20. The van der Waals surface area contributed by atoms with E-state index in [4.69, 9.17) is 0 Å². The van der Waals surface area contributed by atoms with Gasteiger partial charge in [-0.3, -0.25) is 0 Å². The van der Waals surface area contributed by atoms with E-state index in [9.17, 15) is 0 Å². The number of rotatable bonds is 1. The van der Waals surface area contributed by atoms with E-state index in [-0.39, 0.29) is 0 Å². The van der Waals surface area contributed by atoms with Crippen molar-refractivity contribution in [2.45, 2.75) is 6.42 Å². The van der Waals surface area contributed by atoms with Crippen LogP contribution in [-0.2, 0) is 0 Å². The molecule has 18 heavy (non-hydrogen) atoms. The van der Waals surface area contributed by atoms with E-state index in [0.29, 0.717) is 0 Å². The van der Waals surface area contributed by atoms with Crippen LogP contribution >= 0.6 is 0 Å². The van der Waals surface area contributed by atoms with Crippen molar-refractivity contribution < 1.29 is 0 Å². The van der Waals surface area contributed by atoms with Gasteiger partial charge in [-0.1, -0.05) is 42.5 Å². The van der Waals surface area contributed by atoms with E-state index in [1.54, 1.807) is 0 Å². The lowest BCUT2D eigenvalue weighted by atomic mass is 10.0. The quantitative estimate of drug-likeness (QED) is 0.744. The predicted molar refractivity (Wildman–Crippen MR) is 77.1 cm³/mol. The lowest BCUT2D eigenvalue weighted by molar-refractivity contribution is 0.207. The summed E-state index contributed by atoms with van der Waals surface area (Å²) in [4.78, 5) is 4.93. The average Bonchev–Trinajstić information content (AvgIpc) is 2.62.